The van der Waals surface area contributed by atoms with Gasteiger partial charge in [0.15, 0.2) is 11.6 Å². The van der Waals surface area contributed by atoms with Crippen LogP contribution in [0.3, 0.4) is 0 Å². The Kier molecular flexibility index (Phi) is 4.28. The number of nitrogen functional groups attached to an aromatic ring is 1. The molecular weight excluding hydrogens is 392 g/mol. The largest absolute Gasteiger partial charge is 0.504 e. The van der Waals surface area contributed by atoms with Crippen LogP contribution in [0.15, 0.2) is 60.9 Å². The second-order valence-corrected chi connectivity index (χ2v) is 7.30. The fourth-order valence-electron chi connectivity index (χ4n) is 3.61. The molecule has 0 fully saturated rings. The van der Waals surface area contributed by atoms with Crippen molar-refractivity contribution >= 4 is 16.9 Å². The molecule has 3 aromatic heterocycles. The van der Waals surface area contributed by atoms with Crippen LogP contribution in [-0.4, -0.2) is 40.5 Å². The van der Waals surface area contributed by atoms with Gasteiger partial charge in [-0.2, -0.15) is 10.2 Å². The Morgan fingerprint density at radius 2 is 2.00 bits per heavy atom. The topological polar surface area (TPSA) is 134 Å². The van der Waals surface area contributed by atoms with E-state index < -0.39 is 0 Å². The fourth-order valence-corrected chi connectivity index (χ4v) is 3.61. The third kappa shape index (κ3) is 3.31. The molecule has 5 aromatic rings. The number of rotatable bonds is 5. The number of aromatic nitrogens is 6. The van der Waals surface area contributed by atoms with Gasteiger partial charge in [-0.3, -0.25) is 14.8 Å². The lowest BCUT2D eigenvalue weighted by molar-refractivity contribution is 0.478. The molecule has 0 saturated carbocycles. The standard InChI is InChI=1S/C22H20N8O/c1-29-19(22-26-16-8-7-15(21(23)24)11-17(16)27-22)20(31)18(28-29)14-5-3-13(4-6-14)12-30-10-2-9-25-30/h2-11,31H,12H2,1H3,(H3,23,24)(H,26,27). The van der Waals surface area contributed by atoms with Crippen molar-refractivity contribution < 1.29 is 5.11 Å². The predicted molar refractivity (Wildman–Crippen MR) is 118 cm³/mol. The third-order valence-electron chi connectivity index (χ3n) is 5.17. The van der Waals surface area contributed by atoms with E-state index in [-0.39, 0.29) is 11.6 Å². The first-order valence-corrected chi connectivity index (χ1v) is 9.67. The zero-order chi connectivity index (χ0) is 21.5. The van der Waals surface area contributed by atoms with E-state index in [0.717, 1.165) is 16.6 Å². The summed E-state index contributed by atoms with van der Waals surface area (Å²) in [6, 6.07) is 15.0. The zero-order valence-electron chi connectivity index (χ0n) is 16.7. The van der Waals surface area contributed by atoms with E-state index in [1.165, 1.54) is 0 Å². The van der Waals surface area contributed by atoms with Gasteiger partial charge in [-0.05, 0) is 29.8 Å². The van der Waals surface area contributed by atoms with E-state index in [4.69, 9.17) is 11.1 Å². The van der Waals surface area contributed by atoms with Gasteiger partial charge in [-0.15, -0.1) is 0 Å². The van der Waals surface area contributed by atoms with Crippen molar-refractivity contribution in [3.63, 3.8) is 0 Å². The number of hydrogen-bond acceptors (Lipinski definition) is 5. The van der Waals surface area contributed by atoms with Crippen LogP contribution in [0.4, 0.5) is 0 Å². The number of imidazole rings is 1. The van der Waals surface area contributed by atoms with Crippen LogP contribution in [0.5, 0.6) is 5.75 Å². The maximum absolute atomic E-state index is 10.9. The van der Waals surface area contributed by atoms with Crippen molar-refractivity contribution in [1.29, 1.82) is 5.41 Å². The minimum absolute atomic E-state index is 0.0141. The van der Waals surface area contributed by atoms with Gasteiger partial charge in [0.2, 0.25) is 0 Å². The molecule has 31 heavy (non-hydrogen) atoms. The first kappa shape index (κ1) is 18.6. The quantitative estimate of drug-likeness (QED) is 0.260. The number of fused-ring (bicyclic) bond motifs is 1. The Bertz CT molecular complexity index is 1390. The molecule has 5 rings (SSSR count). The van der Waals surface area contributed by atoms with Crippen molar-refractivity contribution in [1.82, 2.24) is 29.5 Å². The van der Waals surface area contributed by atoms with E-state index in [0.29, 0.717) is 34.8 Å². The smallest absolute Gasteiger partial charge is 0.173 e. The maximum Gasteiger partial charge on any atom is 0.173 e. The second kappa shape index (κ2) is 7.13. The van der Waals surface area contributed by atoms with Gasteiger partial charge < -0.3 is 15.8 Å². The molecule has 5 N–H and O–H groups in total. The van der Waals surface area contributed by atoms with Crippen LogP contribution in [0, 0.1) is 5.41 Å². The Hall–Kier alpha value is -4.40. The van der Waals surface area contributed by atoms with E-state index >= 15 is 0 Å². The Morgan fingerprint density at radius 1 is 1.19 bits per heavy atom. The molecule has 0 unspecified atom stereocenters. The number of aromatic hydroxyl groups is 1. The Labute approximate surface area is 177 Å². The molecule has 0 aliphatic heterocycles. The molecule has 154 valence electrons. The van der Waals surface area contributed by atoms with Gasteiger partial charge in [0.05, 0.1) is 17.6 Å². The van der Waals surface area contributed by atoms with Gasteiger partial charge in [0.25, 0.3) is 0 Å². The van der Waals surface area contributed by atoms with Gasteiger partial charge in [0.1, 0.15) is 17.2 Å². The van der Waals surface area contributed by atoms with Crippen molar-refractivity contribution in [3.8, 4) is 28.5 Å². The number of H-pyrrole nitrogens is 1. The lowest BCUT2D eigenvalue weighted by Crippen LogP contribution is -2.10. The summed E-state index contributed by atoms with van der Waals surface area (Å²) in [7, 11) is 1.76. The molecule has 3 heterocycles. The van der Waals surface area contributed by atoms with Crippen molar-refractivity contribution in [3.05, 3.63) is 72.1 Å². The van der Waals surface area contributed by atoms with Crippen molar-refractivity contribution in [2.45, 2.75) is 6.54 Å². The number of nitrogens with one attached hydrogen (secondary N) is 2. The molecule has 9 nitrogen and oxygen atoms in total. The molecule has 0 radical (unpaired) electrons. The molecule has 0 aliphatic carbocycles. The van der Waals surface area contributed by atoms with Gasteiger partial charge in [0, 0.05) is 30.6 Å². The van der Waals surface area contributed by atoms with Gasteiger partial charge in [-0.1, -0.05) is 24.3 Å². The first-order chi connectivity index (χ1) is 15.0. The number of hydrogen-bond donors (Lipinski definition) is 4. The molecule has 0 amide bonds. The predicted octanol–water partition coefficient (Wildman–Crippen LogP) is 2.86. The van der Waals surface area contributed by atoms with Crippen molar-refractivity contribution in [2.24, 2.45) is 12.8 Å². The minimum Gasteiger partial charge on any atom is -0.504 e. The molecule has 0 aliphatic rings. The van der Waals surface area contributed by atoms with Crippen LogP contribution in [-0.2, 0) is 13.6 Å². The summed E-state index contributed by atoms with van der Waals surface area (Å²) in [5.41, 5.74) is 10.5. The normalized spacial score (nSPS) is 11.3. The van der Waals surface area contributed by atoms with Crippen LogP contribution < -0.4 is 5.73 Å². The first-order valence-electron chi connectivity index (χ1n) is 9.67. The number of amidine groups is 1. The van der Waals surface area contributed by atoms with Crippen LogP contribution in [0.1, 0.15) is 11.1 Å². The average molecular weight is 412 g/mol. The highest BCUT2D eigenvalue weighted by atomic mass is 16.3. The minimum atomic E-state index is -0.0141. The number of nitrogens with zero attached hydrogens (tertiary/aromatic N) is 5. The Balaban J connectivity index is 1.49. The highest BCUT2D eigenvalue weighted by Crippen LogP contribution is 2.37. The fraction of sp³-hybridized carbons (Fsp3) is 0.0909. The summed E-state index contributed by atoms with van der Waals surface area (Å²) in [5.74, 6) is 0.526. The van der Waals surface area contributed by atoms with E-state index in [9.17, 15) is 5.11 Å². The number of benzene rings is 2. The molecule has 0 saturated heterocycles. The van der Waals surface area contributed by atoms with E-state index in [2.05, 4.69) is 20.2 Å². The maximum atomic E-state index is 10.9. The molecule has 9 heteroatoms. The average Bonchev–Trinajstić information content (AvgIpc) is 3.47. The SMILES string of the molecule is Cn1nc(-c2ccc(Cn3cccn3)cc2)c(O)c1-c1nc2ccc(C(=N)N)cc2[nH]1. The second-order valence-electron chi connectivity index (χ2n) is 7.30. The van der Waals surface area contributed by atoms with Crippen LogP contribution in [0.25, 0.3) is 33.8 Å². The highest BCUT2D eigenvalue weighted by molar-refractivity contribution is 5.98. The summed E-state index contributed by atoms with van der Waals surface area (Å²) in [6.07, 6.45) is 3.66. The highest BCUT2D eigenvalue weighted by Gasteiger charge is 2.21. The van der Waals surface area contributed by atoms with E-state index in [1.807, 2.05) is 41.2 Å². The summed E-state index contributed by atoms with van der Waals surface area (Å²) in [5, 5.41) is 27.3. The van der Waals surface area contributed by atoms with Gasteiger partial charge in [-0.25, -0.2) is 4.98 Å². The summed E-state index contributed by atoms with van der Waals surface area (Å²) < 4.78 is 3.45. The molecular formula is C22H20N8O. The molecule has 0 bridgehead atoms. The summed E-state index contributed by atoms with van der Waals surface area (Å²) in [6.45, 7) is 0.675. The summed E-state index contributed by atoms with van der Waals surface area (Å²) in [4.78, 5) is 7.76. The lowest BCUT2D eigenvalue weighted by Gasteiger charge is -2.03. The lowest BCUT2D eigenvalue weighted by atomic mass is 10.1. The van der Waals surface area contributed by atoms with Crippen LogP contribution in [0.2, 0.25) is 0 Å². The zero-order valence-corrected chi connectivity index (χ0v) is 16.7. The monoisotopic (exact) mass is 412 g/mol. The van der Waals surface area contributed by atoms with Crippen LogP contribution >= 0.6 is 0 Å². The molecule has 0 spiro atoms. The number of aromatic amines is 1. The van der Waals surface area contributed by atoms with Gasteiger partial charge >= 0.3 is 0 Å². The Morgan fingerprint density at radius 3 is 2.71 bits per heavy atom. The number of nitrogens with two attached hydrogens (primary N) is 1. The third-order valence-corrected chi connectivity index (χ3v) is 5.17. The summed E-state index contributed by atoms with van der Waals surface area (Å²) >= 11 is 0. The molecule has 0 atom stereocenters. The van der Waals surface area contributed by atoms with E-state index in [1.54, 1.807) is 36.1 Å². The number of aryl methyl sites for hydroxylation is 1. The molecule has 2 aromatic carbocycles. The van der Waals surface area contributed by atoms with Crippen molar-refractivity contribution in [2.75, 3.05) is 0 Å².